The summed E-state index contributed by atoms with van der Waals surface area (Å²) in [4.78, 5) is 27.8. The molecule has 0 atom stereocenters. The van der Waals surface area contributed by atoms with Crippen LogP contribution in [0.2, 0.25) is 0 Å². The fourth-order valence-corrected chi connectivity index (χ4v) is 4.26. The van der Waals surface area contributed by atoms with E-state index in [1.54, 1.807) is 37.6 Å². The summed E-state index contributed by atoms with van der Waals surface area (Å²) in [5.41, 5.74) is 4.52. The van der Waals surface area contributed by atoms with Crippen molar-refractivity contribution in [3.05, 3.63) is 116 Å². The Labute approximate surface area is 221 Å². The highest BCUT2D eigenvalue weighted by atomic mass is 19.1. The van der Waals surface area contributed by atoms with Crippen LogP contribution in [0.1, 0.15) is 44.0 Å². The summed E-state index contributed by atoms with van der Waals surface area (Å²) in [5, 5.41) is 23.3. The zero-order chi connectivity index (χ0) is 27.2. The van der Waals surface area contributed by atoms with Crippen LogP contribution in [0.4, 0.5) is 4.39 Å². The minimum Gasteiger partial charge on any atom is -0.378 e. The number of carbonyl (C=O) groups is 1. The molecule has 0 aliphatic carbocycles. The number of H-pyrrole nitrogens is 3. The van der Waals surface area contributed by atoms with Crippen LogP contribution >= 0.6 is 0 Å². The third-order valence-corrected chi connectivity index (χ3v) is 6.26. The number of aromatic nitrogens is 7. The van der Waals surface area contributed by atoms with E-state index in [4.69, 9.17) is 4.74 Å². The van der Waals surface area contributed by atoms with Crippen molar-refractivity contribution in [3.8, 4) is 11.4 Å². The molecule has 0 saturated heterocycles. The Morgan fingerprint density at radius 3 is 2.49 bits per heavy atom. The van der Waals surface area contributed by atoms with E-state index >= 15 is 4.39 Å². The molecule has 198 valence electrons. The standard InChI is InChI=1S/C27H25FN8O3/c1-39-15-22-21(13-17-9-7-16(8-10-17)12-18-5-3-11-29-26(18)37)24(32-31-22)27(38)30-14-19-4-2-6-20(23(19)28)25-33-35-36-34-25/h2-11H,12-15H2,1H3,(H,29,37)(H,30,38)(H,31,32)(H,33,34,35,36). The third-order valence-electron chi connectivity index (χ3n) is 6.26. The van der Waals surface area contributed by atoms with Gasteiger partial charge in [0.2, 0.25) is 5.82 Å². The van der Waals surface area contributed by atoms with E-state index < -0.39 is 11.7 Å². The Balaban J connectivity index is 1.31. The Bertz CT molecular complexity index is 1630. The molecule has 11 nitrogen and oxygen atoms in total. The van der Waals surface area contributed by atoms with Gasteiger partial charge in [0.15, 0.2) is 5.69 Å². The van der Waals surface area contributed by atoms with Gasteiger partial charge in [-0.1, -0.05) is 42.5 Å². The van der Waals surface area contributed by atoms with Gasteiger partial charge in [-0.15, -0.1) is 10.2 Å². The van der Waals surface area contributed by atoms with Crippen LogP contribution in [0, 0.1) is 5.82 Å². The molecule has 0 aliphatic rings. The van der Waals surface area contributed by atoms with Crippen LogP contribution < -0.4 is 10.9 Å². The van der Waals surface area contributed by atoms with Gasteiger partial charge < -0.3 is 15.0 Å². The average Bonchev–Trinajstić information content (AvgIpc) is 3.61. The molecule has 3 heterocycles. The molecule has 4 N–H and O–H groups in total. The van der Waals surface area contributed by atoms with Crippen molar-refractivity contribution in [2.75, 3.05) is 7.11 Å². The lowest BCUT2D eigenvalue weighted by atomic mass is 9.99. The van der Waals surface area contributed by atoms with Crippen LogP contribution in [-0.4, -0.2) is 48.8 Å². The van der Waals surface area contributed by atoms with Gasteiger partial charge >= 0.3 is 0 Å². The lowest BCUT2D eigenvalue weighted by Gasteiger charge is -2.10. The number of halogens is 1. The van der Waals surface area contributed by atoms with Crippen molar-refractivity contribution < 1.29 is 13.9 Å². The number of hydrogen-bond donors (Lipinski definition) is 4. The van der Waals surface area contributed by atoms with Gasteiger partial charge in [0.1, 0.15) is 5.82 Å². The molecule has 0 spiro atoms. The first-order valence-corrected chi connectivity index (χ1v) is 12.1. The van der Waals surface area contributed by atoms with Gasteiger partial charge in [-0.25, -0.2) is 4.39 Å². The van der Waals surface area contributed by atoms with Gasteiger partial charge in [0, 0.05) is 49.4 Å². The molecule has 2 aromatic carbocycles. The molecule has 3 aromatic heterocycles. The van der Waals surface area contributed by atoms with Crippen LogP contribution in [0.3, 0.4) is 0 Å². The number of hydrogen-bond acceptors (Lipinski definition) is 7. The van der Waals surface area contributed by atoms with E-state index in [0.717, 1.165) is 11.1 Å². The normalized spacial score (nSPS) is 11.0. The number of amides is 1. The van der Waals surface area contributed by atoms with E-state index in [2.05, 4.69) is 41.1 Å². The van der Waals surface area contributed by atoms with E-state index in [0.29, 0.717) is 29.7 Å². The number of carbonyl (C=O) groups excluding carboxylic acids is 1. The van der Waals surface area contributed by atoms with Gasteiger partial charge in [0.25, 0.3) is 11.5 Å². The largest absolute Gasteiger partial charge is 0.378 e. The number of nitrogens with one attached hydrogen (secondary N) is 4. The zero-order valence-corrected chi connectivity index (χ0v) is 21.0. The predicted molar refractivity (Wildman–Crippen MR) is 139 cm³/mol. The molecule has 0 radical (unpaired) electrons. The number of nitrogens with zero attached hydrogens (tertiary/aromatic N) is 4. The van der Waals surface area contributed by atoms with Crippen LogP contribution in [0.15, 0.2) is 65.6 Å². The van der Waals surface area contributed by atoms with E-state index in [9.17, 15) is 9.59 Å². The van der Waals surface area contributed by atoms with Crippen molar-refractivity contribution in [1.29, 1.82) is 0 Å². The van der Waals surface area contributed by atoms with E-state index in [1.165, 1.54) is 6.07 Å². The first-order valence-electron chi connectivity index (χ1n) is 12.1. The first kappa shape index (κ1) is 25.7. The molecule has 5 rings (SSSR count). The maximum absolute atomic E-state index is 15.0. The quantitative estimate of drug-likeness (QED) is 0.217. The van der Waals surface area contributed by atoms with Crippen LogP contribution in [0.25, 0.3) is 11.4 Å². The third kappa shape index (κ3) is 5.80. The molecule has 0 bridgehead atoms. The number of aromatic amines is 3. The maximum Gasteiger partial charge on any atom is 0.272 e. The second-order valence-electron chi connectivity index (χ2n) is 8.85. The van der Waals surface area contributed by atoms with Crippen LogP contribution in [0.5, 0.6) is 0 Å². The highest BCUT2D eigenvalue weighted by molar-refractivity contribution is 5.94. The highest BCUT2D eigenvalue weighted by Crippen LogP contribution is 2.22. The number of benzene rings is 2. The molecule has 39 heavy (non-hydrogen) atoms. The molecule has 0 aliphatic heterocycles. The maximum atomic E-state index is 15.0. The van der Waals surface area contributed by atoms with Gasteiger partial charge in [0.05, 0.1) is 17.9 Å². The smallest absolute Gasteiger partial charge is 0.272 e. The minimum atomic E-state index is -0.542. The summed E-state index contributed by atoms with van der Waals surface area (Å²) in [5.74, 6) is -0.868. The Kier molecular flexibility index (Phi) is 7.64. The van der Waals surface area contributed by atoms with Crippen molar-refractivity contribution in [3.63, 3.8) is 0 Å². The number of tetrazole rings is 1. The molecule has 0 saturated carbocycles. The number of pyridine rings is 1. The van der Waals surface area contributed by atoms with Gasteiger partial charge in [-0.3, -0.25) is 14.7 Å². The van der Waals surface area contributed by atoms with Gasteiger partial charge in [-0.05, 0) is 28.5 Å². The Morgan fingerprint density at radius 1 is 1.00 bits per heavy atom. The lowest BCUT2D eigenvalue weighted by molar-refractivity contribution is 0.0944. The fourth-order valence-electron chi connectivity index (χ4n) is 4.26. The summed E-state index contributed by atoms with van der Waals surface area (Å²) < 4.78 is 20.3. The van der Waals surface area contributed by atoms with Crippen molar-refractivity contribution in [2.45, 2.75) is 26.0 Å². The summed E-state index contributed by atoms with van der Waals surface area (Å²) in [6.07, 6.45) is 2.54. The van der Waals surface area contributed by atoms with Crippen molar-refractivity contribution in [1.82, 2.24) is 41.1 Å². The lowest BCUT2D eigenvalue weighted by Crippen LogP contribution is -2.25. The molecule has 1 amide bonds. The molecule has 0 unspecified atom stereocenters. The SMILES string of the molecule is COCc1[nH]nc(C(=O)NCc2cccc(-c3nn[nH]n3)c2F)c1Cc1ccc(Cc2ccc[nH]c2=O)cc1. The average molecular weight is 529 g/mol. The van der Waals surface area contributed by atoms with Crippen molar-refractivity contribution in [2.24, 2.45) is 0 Å². The van der Waals surface area contributed by atoms with Crippen molar-refractivity contribution >= 4 is 5.91 Å². The summed E-state index contributed by atoms with van der Waals surface area (Å²) in [7, 11) is 1.56. The summed E-state index contributed by atoms with van der Waals surface area (Å²) >= 11 is 0. The van der Waals surface area contributed by atoms with E-state index in [1.807, 2.05) is 24.3 Å². The molecule has 0 fully saturated rings. The summed E-state index contributed by atoms with van der Waals surface area (Å²) in [6, 6.07) is 16.2. The minimum absolute atomic E-state index is 0.0599. The summed E-state index contributed by atoms with van der Waals surface area (Å²) in [6.45, 7) is 0.182. The molecule has 12 heteroatoms. The molecular formula is C27H25FN8O3. The van der Waals surface area contributed by atoms with E-state index in [-0.39, 0.29) is 41.4 Å². The Hall–Kier alpha value is -4.97. The number of rotatable bonds is 10. The monoisotopic (exact) mass is 528 g/mol. The van der Waals surface area contributed by atoms with Gasteiger partial charge in [-0.2, -0.15) is 10.3 Å². The Morgan fingerprint density at radius 2 is 1.77 bits per heavy atom. The first-order chi connectivity index (χ1) is 19.0. The molecular weight excluding hydrogens is 503 g/mol. The number of methoxy groups -OCH3 is 1. The predicted octanol–water partition coefficient (Wildman–Crippen LogP) is 2.68. The second-order valence-corrected chi connectivity index (χ2v) is 8.85. The topological polar surface area (TPSA) is 154 Å². The number of ether oxygens (including phenoxy) is 1. The fraction of sp³-hybridized carbons (Fsp3) is 0.185. The highest BCUT2D eigenvalue weighted by Gasteiger charge is 2.21. The van der Waals surface area contributed by atoms with Crippen LogP contribution in [-0.2, 0) is 30.7 Å². The zero-order valence-electron chi connectivity index (χ0n) is 21.0. The second kappa shape index (κ2) is 11.6. The molecule has 5 aromatic rings.